The van der Waals surface area contributed by atoms with Crippen molar-refractivity contribution in [2.45, 2.75) is 25.8 Å². The summed E-state index contributed by atoms with van der Waals surface area (Å²) in [6.45, 7) is 4.43. The second kappa shape index (κ2) is 4.62. The number of nitrogens with zero attached hydrogens (tertiary/aromatic N) is 2. The summed E-state index contributed by atoms with van der Waals surface area (Å²) in [6.07, 6.45) is 6.29. The molecule has 1 aliphatic rings. The molecule has 2 heterocycles. The Morgan fingerprint density at radius 1 is 1.40 bits per heavy atom. The molecule has 3 heteroatoms. The highest BCUT2D eigenvalue weighted by molar-refractivity contribution is 5.51. The molecule has 0 saturated carbocycles. The van der Waals surface area contributed by atoms with Crippen LogP contribution in [0.2, 0.25) is 0 Å². The number of aromatic nitrogens is 1. The smallest absolute Gasteiger partial charge is 0.0426 e. The quantitative estimate of drug-likeness (QED) is 0.794. The molecule has 1 fully saturated rings. The third-order valence-corrected chi connectivity index (χ3v) is 3.23. The van der Waals surface area contributed by atoms with Crippen molar-refractivity contribution >= 4 is 5.69 Å². The second-order valence-corrected chi connectivity index (χ2v) is 4.21. The summed E-state index contributed by atoms with van der Waals surface area (Å²) in [7, 11) is 2.05. The minimum atomic E-state index is 0.698. The summed E-state index contributed by atoms with van der Waals surface area (Å²) < 4.78 is 0. The summed E-state index contributed by atoms with van der Waals surface area (Å²) >= 11 is 0. The standard InChI is InChI=1S/C12H19N3/c1-10-9-14-6-3-12(10)15-7-4-11(13-2)5-8-15/h3,6,9,11,13H,4-5,7-8H2,1-2H3. The maximum atomic E-state index is 4.13. The molecule has 0 amide bonds. The predicted octanol–water partition coefficient (Wildman–Crippen LogP) is 1.58. The van der Waals surface area contributed by atoms with Crippen LogP contribution in [0.15, 0.2) is 18.5 Å². The molecular formula is C12H19N3. The molecule has 82 valence electrons. The molecule has 1 aliphatic heterocycles. The van der Waals surface area contributed by atoms with Crippen molar-refractivity contribution in [3.63, 3.8) is 0 Å². The zero-order chi connectivity index (χ0) is 10.7. The van der Waals surface area contributed by atoms with E-state index in [1.165, 1.54) is 24.1 Å². The minimum Gasteiger partial charge on any atom is -0.371 e. The lowest BCUT2D eigenvalue weighted by Crippen LogP contribution is -2.41. The average Bonchev–Trinajstić information content (AvgIpc) is 2.30. The number of nitrogens with one attached hydrogen (secondary N) is 1. The summed E-state index contributed by atoms with van der Waals surface area (Å²) in [5, 5.41) is 3.35. The number of hydrogen-bond donors (Lipinski definition) is 1. The molecule has 1 saturated heterocycles. The van der Waals surface area contributed by atoms with Crippen molar-refractivity contribution in [2.24, 2.45) is 0 Å². The minimum absolute atomic E-state index is 0.698. The van der Waals surface area contributed by atoms with E-state index in [1.54, 1.807) is 0 Å². The van der Waals surface area contributed by atoms with Gasteiger partial charge >= 0.3 is 0 Å². The van der Waals surface area contributed by atoms with Gasteiger partial charge in [-0.05, 0) is 38.4 Å². The molecule has 0 aromatic carbocycles. The number of aryl methyl sites for hydroxylation is 1. The Labute approximate surface area is 91.5 Å². The SMILES string of the molecule is CNC1CCN(c2ccncc2C)CC1. The Morgan fingerprint density at radius 3 is 2.73 bits per heavy atom. The fraction of sp³-hybridized carbons (Fsp3) is 0.583. The van der Waals surface area contributed by atoms with Gasteiger partial charge in [-0.15, -0.1) is 0 Å². The average molecular weight is 205 g/mol. The zero-order valence-electron chi connectivity index (χ0n) is 9.53. The third-order valence-electron chi connectivity index (χ3n) is 3.23. The van der Waals surface area contributed by atoms with Gasteiger partial charge in [0.15, 0.2) is 0 Å². The molecule has 0 atom stereocenters. The van der Waals surface area contributed by atoms with Gasteiger partial charge in [0.1, 0.15) is 0 Å². The van der Waals surface area contributed by atoms with E-state index in [2.05, 4.69) is 35.2 Å². The van der Waals surface area contributed by atoms with Gasteiger partial charge in [-0.3, -0.25) is 4.98 Å². The zero-order valence-corrected chi connectivity index (χ0v) is 9.53. The Bertz CT molecular complexity index is 316. The second-order valence-electron chi connectivity index (χ2n) is 4.21. The Hall–Kier alpha value is -1.09. The van der Waals surface area contributed by atoms with Crippen molar-refractivity contribution in [3.05, 3.63) is 24.0 Å². The molecule has 0 aliphatic carbocycles. The van der Waals surface area contributed by atoms with Crippen LogP contribution in [0, 0.1) is 6.92 Å². The molecule has 0 radical (unpaired) electrons. The predicted molar refractivity (Wildman–Crippen MR) is 63.3 cm³/mol. The van der Waals surface area contributed by atoms with E-state index in [9.17, 15) is 0 Å². The normalized spacial score (nSPS) is 18.1. The summed E-state index contributed by atoms with van der Waals surface area (Å²) in [4.78, 5) is 6.60. The summed E-state index contributed by atoms with van der Waals surface area (Å²) in [5.74, 6) is 0. The monoisotopic (exact) mass is 205 g/mol. The molecule has 1 aromatic heterocycles. The first-order chi connectivity index (χ1) is 7.31. The first-order valence-corrected chi connectivity index (χ1v) is 5.64. The molecule has 2 rings (SSSR count). The Morgan fingerprint density at radius 2 is 2.13 bits per heavy atom. The molecule has 1 N–H and O–H groups in total. The van der Waals surface area contributed by atoms with Crippen LogP contribution in [0.4, 0.5) is 5.69 Å². The molecule has 0 unspecified atom stereocenters. The Kier molecular flexibility index (Phi) is 3.21. The maximum Gasteiger partial charge on any atom is 0.0426 e. The van der Waals surface area contributed by atoms with Crippen LogP contribution < -0.4 is 10.2 Å². The van der Waals surface area contributed by atoms with Gasteiger partial charge < -0.3 is 10.2 Å². The van der Waals surface area contributed by atoms with Gasteiger partial charge in [-0.25, -0.2) is 0 Å². The lowest BCUT2D eigenvalue weighted by molar-refractivity contribution is 0.442. The van der Waals surface area contributed by atoms with Gasteiger partial charge in [0.2, 0.25) is 0 Å². The van der Waals surface area contributed by atoms with E-state index in [0.29, 0.717) is 6.04 Å². The highest BCUT2D eigenvalue weighted by Crippen LogP contribution is 2.22. The van der Waals surface area contributed by atoms with Crippen LogP contribution in [0.25, 0.3) is 0 Å². The molecule has 3 nitrogen and oxygen atoms in total. The van der Waals surface area contributed by atoms with Crippen LogP contribution in [0.5, 0.6) is 0 Å². The van der Waals surface area contributed by atoms with Crippen LogP contribution >= 0.6 is 0 Å². The van der Waals surface area contributed by atoms with Gasteiger partial charge in [0.05, 0.1) is 0 Å². The topological polar surface area (TPSA) is 28.2 Å². The lowest BCUT2D eigenvalue weighted by atomic mass is 10.0. The summed E-state index contributed by atoms with van der Waals surface area (Å²) in [5.41, 5.74) is 2.62. The molecule has 1 aromatic rings. The molecular weight excluding hydrogens is 186 g/mol. The van der Waals surface area contributed by atoms with Crippen LogP contribution in [0.3, 0.4) is 0 Å². The van der Waals surface area contributed by atoms with Crippen LogP contribution in [-0.4, -0.2) is 31.2 Å². The van der Waals surface area contributed by atoms with E-state index in [-0.39, 0.29) is 0 Å². The van der Waals surface area contributed by atoms with Gasteiger partial charge in [-0.2, -0.15) is 0 Å². The molecule has 0 spiro atoms. The molecule has 0 bridgehead atoms. The van der Waals surface area contributed by atoms with Crippen molar-refractivity contribution in [1.82, 2.24) is 10.3 Å². The largest absolute Gasteiger partial charge is 0.371 e. The lowest BCUT2D eigenvalue weighted by Gasteiger charge is -2.34. The Balaban J connectivity index is 2.04. The van der Waals surface area contributed by atoms with Crippen molar-refractivity contribution in [1.29, 1.82) is 0 Å². The number of rotatable bonds is 2. The number of hydrogen-bond acceptors (Lipinski definition) is 3. The fourth-order valence-corrected chi connectivity index (χ4v) is 2.23. The van der Waals surface area contributed by atoms with Gasteiger partial charge in [-0.1, -0.05) is 0 Å². The first-order valence-electron chi connectivity index (χ1n) is 5.64. The van der Waals surface area contributed by atoms with E-state index >= 15 is 0 Å². The number of piperidine rings is 1. The van der Waals surface area contributed by atoms with Gasteiger partial charge in [0, 0.05) is 37.2 Å². The molecule has 15 heavy (non-hydrogen) atoms. The van der Waals surface area contributed by atoms with Crippen LogP contribution in [0.1, 0.15) is 18.4 Å². The highest BCUT2D eigenvalue weighted by Gasteiger charge is 2.18. The summed E-state index contributed by atoms with van der Waals surface area (Å²) in [6, 6.07) is 2.82. The van der Waals surface area contributed by atoms with Crippen LogP contribution in [-0.2, 0) is 0 Å². The highest BCUT2D eigenvalue weighted by atomic mass is 15.1. The number of pyridine rings is 1. The fourth-order valence-electron chi connectivity index (χ4n) is 2.23. The van der Waals surface area contributed by atoms with E-state index in [4.69, 9.17) is 0 Å². The van der Waals surface area contributed by atoms with Crippen molar-refractivity contribution in [2.75, 3.05) is 25.0 Å². The van der Waals surface area contributed by atoms with Crippen molar-refractivity contribution in [3.8, 4) is 0 Å². The third kappa shape index (κ3) is 2.29. The van der Waals surface area contributed by atoms with Crippen molar-refractivity contribution < 1.29 is 0 Å². The maximum absolute atomic E-state index is 4.13. The van der Waals surface area contributed by atoms with E-state index < -0.39 is 0 Å². The van der Waals surface area contributed by atoms with E-state index in [0.717, 1.165) is 13.1 Å². The first kappa shape index (κ1) is 10.4. The van der Waals surface area contributed by atoms with E-state index in [1.807, 2.05) is 12.4 Å². The van der Waals surface area contributed by atoms with Gasteiger partial charge in [0.25, 0.3) is 0 Å². The number of anilines is 1.